The summed E-state index contributed by atoms with van der Waals surface area (Å²) in [5.74, 6) is -0.578. The van der Waals surface area contributed by atoms with Crippen LogP contribution in [0.25, 0.3) is 0 Å². The number of amides is 1. The minimum absolute atomic E-state index is 0.0707. The molecule has 1 amide bonds. The lowest BCUT2D eigenvalue weighted by Gasteiger charge is -2.10. The standard InChI is InChI=1S/C14H10BrClN2O3/c1-8-10(15)5-3-7-12(8)17-14(19)9-4-2-6-11(16)13(9)18(20)21/h2-7H,1H3,(H,17,19). The Labute approximate surface area is 134 Å². The van der Waals surface area contributed by atoms with Gasteiger partial charge in [-0.1, -0.05) is 39.7 Å². The second-order valence-electron chi connectivity index (χ2n) is 4.26. The maximum atomic E-state index is 12.3. The fourth-order valence-corrected chi connectivity index (χ4v) is 2.43. The third-order valence-electron chi connectivity index (χ3n) is 2.93. The van der Waals surface area contributed by atoms with Crippen LogP contribution in [0.2, 0.25) is 5.02 Å². The van der Waals surface area contributed by atoms with Crippen molar-refractivity contribution in [2.45, 2.75) is 6.92 Å². The number of benzene rings is 2. The van der Waals surface area contributed by atoms with Crippen LogP contribution in [0.1, 0.15) is 15.9 Å². The van der Waals surface area contributed by atoms with Crippen LogP contribution in [0, 0.1) is 17.0 Å². The maximum absolute atomic E-state index is 12.3. The number of nitro groups is 1. The minimum Gasteiger partial charge on any atom is -0.321 e. The molecule has 1 N–H and O–H groups in total. The summed E-state index contributed by atoms with van der Waals surface area (Å²) >= 11 is 9.16. The Balaban J connectivity index is 2.40. The number of rotatable bonds is 3. The molecule has 0 radical (unpaired) electrons. The molecule has 0 atom stereocenters. The number of nitrogens with zero attached hydrogens (tertiary/aromatic N) is 1. The van der Waals surface area contributed by atoms with Crippen molar-refractivity contribution >= 4 is 44.8 Å². The number of hydrogen-bond acceptors (Lipinski definition) is 3. The van der Waals surface area contributed by atoms with Gasteiger partial charge in [0.1, 0.15) is 10.6 Å². The molecule has 108 valence electrons. The largest absolute Gasteiger partial charge is 0.321 e. The van der Waals surface area contributed by atoms with Crippen molar-refractivity contribution in [3.05, 3.63) is 67.1 Å². The molecule has 0 unspecified atom stereocenters. The van der Waals surface area contributed by atoms with Gasteiger partial charge < -0.3 is 5.32 Å². The molecule has 2 aromatic carbocycles. The van der Waals surface area contributed by atoms with Crippen molar-refractivity contribution < 1.29 is 9.72 Å². The molecule has 7 heteroatoms. The first-order chi connectivity index (χ1) is 9.91. The number of nitro benzene ring substituents is 1. The summed E-state index contributed by atoms with van der Waals surface area (Å²) in [7, 11) is 0. The van der Waals surface area contributed by atoms with E-state index in [-0.39, 0.29) is 10.6 Å². The average Bonchev–Trinajstić information content (AvgIpc) is 2.43. The quantitative estimate of drug-likeness (QED) is 0.636. The van der Waals surface area contributed by atoms with E-state index in [9.17, 15) is 14.9 Å². The van der Waals surface area contributed by atoms with Crippen molar-refractivity contribution in [2.75, 3.05) is 5.32 Å². The van der Waals surface area contributed by atoms with Gasteiger partial charge in [0.25, 0.3) is 5.91 Å². The first-order valence-electron chi connectivity index (χ1n) is 5.91. The fourth-order valence-electron chi connectivity index (χ4n) is 1.82. The average molecular weight is 370 g/mol. The predicted octanol–water partition coefficient (Wildman–Crippen LogP) is 4.57. The summed E-state index contributed by atoms with van der Waals surface area (Å²) < 4.78 is 0.834. The van der Waals surface area contributed by atoms with Gasteiger partial charge in [0.05, 0.1) is 4.92 Å². The lowest BCUT2D eigenvalue weighted by Crippen LogP contribution is -2.15. The summed E-state index contributed by atoms with van der Waals surface area (Å²) in [5, 5.41) is 13.6. The van der Waals surface area contributed by atoms with E-state index < -0.39 is 16.5 Å². The van der Waals surface area contributed by atoms with Crippen LogP contribution in [0.5, 0.6) is 0 Å². The molecular weight excluding hydrogens is 360 g/mol. The van der Waals surface area contributed by atoms with Gasteiger partial charge in [0.15, 0.2) is 0 Å². The molecule has 0 heterocycles. The van der Waals surface area contributed by atoms with E-state index in [1.807, 2.05) is 13.0 Å². The normalized spacial score (nSPS) is 10.2. The van der Waals surface area contributed by atoms with Gasteiger partial charge in [-0.3, -0.25) is 14.9 Å². The molecule has 2 aromatic rings. The van der Waals surface area contributed by atoms with E-state index in [2.05, 4.69) is 21.2 Å². The number of nitrogens with one attached hydrogen (secondary N) is 1. The van der Waals surface area contributed by atoms with Gasteiger partial charge >= 0.3 is 5.69 Å². The molecule has 0 fully saturated rings. The molecule has 0 aliphatic rings. The first kappa shape index (κ1) is 15.5. The van der Waals surface area contributed by atoms with E-state index in [1.165, 1.54) is 18.2 Å². The zero-order valence-electron chi connectivity index (χ0n) is 10.9. The Bertz CT molecular complexity index is 734. The lowest BCUT2D eigenvalue weighted by atomic mass is 10.1. The monoisotopic (exact) mass is 368 g/mol. The highest BCUT2D eigenvalue weighted by molar-refractivity contribution is 9.10. The molecule has 0 spiro atoms. The van der Waals surface area contributed by atoms with Crippen molar-refractivity contribution in [1.82, 2.24) is 0 Å². The van der Waals surface area contributed by atoms with Crippen LogP contribution in [0.4, 0.5) is 11.4 Å². The highest BCUT2D eigenvalue weighted by Gasteiger charge is 2.23. The fraction of sp³-hybridized carbons (Fsp3) is 0.0714. The van der Waals surface area contributed by atoms with Crippen LogP contribution in [-0.4, -0.2) is 10.8 Å². The molecule has 21 heavy (non-hydrogen) atoms. The Morgan fingerprint density at radius 1 is 1.29 bits per heavy atom. The van der Waals surface area contributed by atoms with Crippen LogP contribution in [0.15, 0.2) is 40.9 Å². The molecule has 0 aliphatic heterocycles. The SMILES string of the molecule is Cc1c(Br)cccc1NC(=O)c1cccc(Cl)c1[N+](=O)[O-]. The molecule has 0 saturated carbocycles. The highest BCUT2D eigenvalue weighted by atomic mass is 79.9. The van der Waals surface area contributed by atoms with Crippen molar-refractivity contribution in [3.8, 4) is 0 Å². The predicted molar refractivity (Wildman–Crippen MR) is 84.9 cm³/mol. The lowest BCUT2D eigenvalue weighted by molar-refractivity contribution is -0.385. The van der Waals surface area contributed by atoms with Crippen LogP contribution in [0.3, 0.4) is 0 Å². The zero-order chi connectivity index (χ0) is 15.6. The minimum atomic E-state index is -0.662. The van der Waals surface area contributed by atoms with Gasteiger partial charge in [0, 0.05) is 10.2 Å². The summed E-state index contributed by atoms with van der Waals surface area (Å²) in [6, 6.07) is 9.56. The van der Waals surface area contributed by atoms with Crippen molar-refractivity contribution in [3.63, 3.8) is 0 Å². The number of halogens is 2. The molecule has 0 aromatic heterocycles. The summed E-state index contributed by atoms with van der Waals surface area (Å²) in [5.41, 5.74) is 0.926. The van der Waals surface area contributed by atoms with Crippen LogP contribution in [-0.2, 0) is 0 Å². The Morgan fingerprint density at radius 2 is 1.95 bits per heavy atom. The number of anilines is 1. The summed E-state index contributed by atoms with van der Waals surface area (Å²) in [6.45, 7) is 1.83. The summed E-state index contributed by atoms with van der Waals surface area (Å²) in [4.78, 5) is 22.7. The van der Waals surface area contributed by atoms with Gasteiger partial charge in [0.2, 0.25) is 0 Å². The molecule has 0 bridgehead atoms. The maximum Gasteiger partial charge on any atom is 0.300 e. The van der Waals surface area contributed by atoms with E-state index >= 15 is 0 Å². The molecule has 0 aliphatic carbocycles. The van der Waals surface area contributed by atoms with Crippen LogP contribution < -0.4 is 5.32 Å². The number of para-hydroxylation sites is 1. The topological polar surface area (TPSA) is 72.2 Å². The number of carbonyl (C=O) groups is 1. The zero-order valence-corrected chi connectivity index (χ0v) is 13.2. The van der Waals surface area contributed by atoms with E-state index in [4.69, 9.17) is 11.6 Å². The Morgan fingerprint density at radius 3 is 2.62 bits per heavy atom. The Kier molecular flexibility index (Phi) is 4.59. The van der Waals surface area contributed by atoms with Crippen LogP contribution >= 0.6 is 27.5 Å². The number of hydrogen-bond donors (Lipinski definition) is 1. The second-order valence-corrected chi connectivity index (χ2v) is 5.52. The van der Waals surface area contributed by atoms with Crippen molar-refractivity contribution in [2.24, 2.45) is 0 Å². The molecule has 5 nitrogen and oxygen atoms in total. The highest BCUT2D eigenvalue weighted by Crippen LogP contribution is 2.30. The number of carbonyl (C=O) groups excluding carboxylic acids is 1. The van der Waals surface area contributed by atoms with E-state index in [0.29, 0.717) is 5.69 Å². The Hall–Kier alpha value is -1.92. The molecule has 0 saturated heterocycles. The second kappa shape index (κ2) is 6.24. The third-order valence-corrected chi connectivity index (χ3v) is 4.09. The van der Waals surface area contributed by atoms with Crippen molar-refractivity contribution in [1.29, 1.82) is 0 Å². The van der Waals surface area contributed by atoms with E-state index in [1.54, 1.807) is 12.1 Å². The molecular formula is C14H10BrClN2O3. The first-order valence-corrected chi connectivity index (χ1v) is 7.08. The van der Waals surface area contributed by atoms with Gasteiger partial charge in [-0.2, -0.15) is 0 Å². The van der Waals surface area contributed by atoms with Gasteiger partial charge in [-0.15, -0.1) is 0 Å². The van der Waals surface area contributed by atoms with Gasteiger partial charge in [-0.05, 0) is 36.8 Å². The molecule has 2 rings (SSSR count). The van der Waals surface area contributed by atoms with E-state index in [0.717, 1.165) is 10.0 Å². The summed E-state index contributed by atoms with van der Waals surface area (Å²) in [6.07, 6.45) is 0. The smallest absolute Gasteiger partial charge is 0.300 e. The third kappa shape index (κ3) is 3.22. The van der Waals surface area contributed by atoms with Gasteiger partial charge in [-0.25, -0.2) is 0 Å².